The van der Waals surface area contributed by atoms with Crippen LogP contribution in [0.5, 0.6) is 0 Å². The van der Waals surface area contributed by atoms with Gasteiger partial charge in [-0.1, -0.05) is 6.07 Å². The van der Waals surface area contributed by atoms with Crippen molar-refractivity contribution in [2.24, 2.45) is 0 Å². The quantitative estimate of drug-likeness (QED) is 0.740. The molecule has 0 aliphatic rings. The van der Waals surface area contributed by atoms with Gasteiger partial charge in [0.05, 0.1) is 5.69 Å². The van der Waals surface area contributed by atoms with E-state index in [4.69, 9.17) is 5.11 Å². The SMILES string of the molecule is O=C(O)CC(=O)Nc1cccc(-n2cnnn2)c1. The molecule has 0 aliphatic heterocycles. The lowest BCUT2D eigenvalue weighted by Gasteiger charge is -2.05. The molecule has 0 radical (unpaired) electrons. The van der Waals surface area contributed by atoms with E-state index in [1.165, 1.54) is 11.0 Å². The van der Waals surface area contributed by atoms with Gasteiger partial charge in [0.15, 0.2) is 0 Å². The number of hydrogen-bond acceptors (Lipinski definition) is 5. The summed E-state index contributed by atoms with van der Waals surface area (Å²) in [7, 11) is 0. The van der Waals surface area contributed by atoms with Crippen molar-refractivity contribution < 1.29 is 14.7 Å². The number of carboxylic acids is 1. The number of tetrazole rings is 1. The van der Waals surface area contributed by atoms with E-state index in [1.54, 1.807) is 24.3 Å². The van der Waals surface area contributed by atoms with Crippen molar-refractivity contribution in [3.63, 3.8) is 0 Å². The molecule has 1 heterocycles. The second-order valence-corrected chi connectivity index (χ2v) is 3.42. The fraction of sp³-hybridized carbons (Fsp3) is 0.100. The predicted octanol–water partition coefficient (Wildman–Crippen LogP) is 0.0755. The Balaban J connectivity index is 2.13. The number of carbonyl (C=O) groups excluding carboxylic acids is 1. The first-order valence-electron chi connectivity index (χ1n) is 5.00. The zero-order valence-electron chi connectivity index (χ0n) is 9.15. The number of carboxylic acid groups (broad SMARTS) is 1. The average Bonchev–Trinajstić information content (AvgIpc) is 2.81. The van der Waals surface area contributed by atoms with Crippen LogP contribution in [0.4, 0.5) is 5.69 Å². The summed E-state index contributed by atoms with van der Waals surface area (Å²) in [5, 5.41) is 21.6. The number of aromatic nitrogens is 4. The Morgan fingerprint density at radius 1 is 1.39 bits per heavy atom. The predicted molar refractivity (Wildman–Crippen MR) is 60.0 cm³/mol. The molecule has 0 atom stereocenters. The van der Waals surface area contributed by atoms with Gasteiger partial charge in [-0.2, -0.15) is 0 Å². The van der Waals surface area contributed by atoms with Crippen molar-refractivity contribution in [2.45, 2.75) is 6.42 Å². The molecule has 8 heteroatoms. The molecule has 0 fully saturated rings. The van der Waals surface area contributed by atoms with Crippen LogP contribution in [0.2, 0.25) is 0 Å². The second-order valence-electron chi connectivity index (χ2n) is 3.42. The van der Waals surface area contributed by atoms with E-state index < -0.39 is 18.3 Å². The summed E-state index contributed by atoms with van der Waals surface area (Å²) >= 11 is 0. The van der Waals surface area contributed by atoms with Gasteiger partial charge in [-0.25, -0.2) is 4.68 Å². The molecule has 92 valence electrons. The van der Waals surface area contributed by atoms with E-state index >= 15 is 0 Å². The lowest BCUT2D eigenvalue weighted by Crippen LogP contribution is -2.16. The molecule has 0 bridgehead atoms. The Bertz CT molecular complexity index is 567. The van der Waals surface area contributed by atoms with Crippen molar-refractivity contribution in [3.05, 3.63) is 30.6 Å². The van der Waals surface area contributed by atoms with Crippen LogP contribution in [0.25, 0.3) is 5.69 Å². The van der Waals surface area contributed by atoms with E-state index in [1.807, 2.05) is 0 Å². The summed E-state index contributed by atoms with van der Waals surface area (Å²) in [4.78, 5) is 21.6. The summed E-state index contributed by atoms with van der Waals surface area (Å²) in [6, 6.07) is 6.74. The Labute approximate surface area is 101 Å². The Kier molecular flexibility index (Phi) is 3.28. The van der Waals surface area contributed by atoms with Crippen molar-refractivity contribution >= 4 is 17.6 Å². The second kappa shape index (κ2) is 5.04. The summed E-state index contributed by atoms with van der Waals surface area (Å²) < 4.78 is 1.42. The Morgan fingerprint density at radius 3 is 2.89 bits per heavy atom. The highest BCUT2D eigenvalue weighted by molar-refractivity contribution is 6.01. The molecule has 2 N–H and O–H groups in total. The maximum absolute atomic E-state index is 11.3. The van der Waals surface area contributed by atoms with Gasteiger partial charge in [0.2, 0.25) is 5.91 Å². The maximum Gasteiger partial charge on any atom is 0.312 e. The number of benzene rings is 1. The zero-order chi connectivity index (χ0) is 13.0. The lowest BCUT2D eigenvalue weighted by atomic mass is 10.2. The fourth-order valence-corrected chi connectivity index (χ4v) is 1.35. The third-order valence-corrected chi connectivity index (χ3v) is 2.06. The third kappa shape index (κ3) is 2.88. The van der Waals surface area contributed by atoms with Crippen LogP contribution in [-0.4, -0.2) is 37.2 Å². The Hall–Kier alpha value is -2.77. The molecular formula is C10H9N5O3. The van der Waals surface area contributed by atoms with E-state index in [2.05, 4.69) is 20.8 Å². The minimum absolute atomic E-state index is 0.481. The number of nitrogens with zero attached hydrogens (tertiary/aromatic N) is 4. The molecule has 1 amide bonds. The van der Waals surface area contributed by atoms with E-state index in [-0.39, 0.29) is 0 Å². The fourth-order valence-electron chi connectivity index (χ4n) is 1.35. The zero-order valence-corrected chi connectivity index (χ0v) is 9.15. The van der Waals surface area contributed by atoms with E-state index in [0.717, 1.165) is 0 Å². The number of aliphatic carboxylic acids is 1. The van der Waals surface area contributed by atoms with Crippen LogP contribution in [0, 0.1) is 0 Å². The number of rotatable bonds is 4. The molecule has 2 rings (SSSR count). The highest BCUT2D eigenvalue weighted by atomic mass is 16.4. The van der Waals surface area contributed by atoms with E-state index in [9.17, 15) is 9.59 Å². The van der Waals surface area contributed by atoms with Crippen LogP contribution >= 0.6 is 0 Å². The molecule has 2 aromatic rings. The first-order valence-corrected chi connectivity index (χ1v) is 5.00. The van der Waals surface area contributed by atoms with Gasteiger partial charge in [0.1, 0.15) is 12.7 Å². The number of anilines is 1. The maximum atomic E-state index is 11.3. The number of nitrogens with one attached hydrogen (secondary N) is 1. The molecule has 0 saturated carbocycles. The highest BCUT2D eigenvalue weighted by Crippen LogP contribution is 2.13. The van der Waals surface area contributed by atoms with Crippen molar-refractivity contribution in [3.8, 4) is 5.69 Å². The third-order valence-electron chi connectivity index (χ3n) is 2.06. The number of carbonyl (C=O) groups is 2. The molecule has 0 saturated heterocycles. The van der Waals surface area contributed by atoms with Crippen molar-refractivity contribution in [2.75, 3.05) is 5.32 Å². The van der Waals surface area contributed by atoms with Crippen molar-refractivity contribution in [1.29, 1.82) is 0 Å². The minimum atomic E-state index is -1.18. The summed E-state index contributed by atoms with van der Waals surface area (Å²) in [6.45, 7) is 0. The molecule has 1 aromatic carbocycles. The average molecular weight is 247 g/mol. The standard InChI is InChI=1S/C10H9N5O3/c16-9(5-10(17)18)12-7-2-1-3-8(4-7)15-6-11-13-14-15/h1-4,6H,5H2,(H,12,16)(H,17,18). The van der Waals surface area contributed by atoms with Gasteiger partial charge in [0.25, 0.3) is 0 Å². The first kappa shape index (κ1) is 11.7. The van der Waals surface area contributed by atoms with Crippen LogP contribution in [0.1, 0.15) is 6.42 Å². The molecular weight excluding hydrogens is 238 g/mol. The molecule has 0 unspecified atom stereocenters. The van der Waals surface area contributed by atoms with Crippen LogP contribution in [0.3, 0.4) is 0 Å². The van der Waals surface area contributed by atoms with Gasteiger partial charge in [-0.15, -0.1) is 5.10 Å². The van der Waals surface area contributed by atoms with Gasteiger partial charge in [-0.3, -0.25) is 9.59 Å². The summed E-state index contributed by atoms with van der Waals surface area (Å²) in [5.41, 5.74) is 1.14. The molecule has 1 aromatic heterocycles. The smallest absolute Gasteiger partial charge is 0.312 e. The van der Waals surface area contributed by atoms with Crippen molar-refractivity contribution in [1.82, 2.24) is 20.2 Å². The Morgan fingerprint density at radius 2 is 2.22 bits per heavy atom. The highest BCUT2D eigenvalue weighted by Gasteiger charge is 2.08. The summed E-state index contributed by atoms with van der Waals surface area (Å²) in [6.07, 6.45) is 0.841. The van der Waals surface area contributed by atoms with Gasteiger partial charge in [-0.05, 0) is 28.6 Å². The number of hydrogen-bond donors (Lipinski definition) is 2. The van der Waals surface area contributed by atoms with Gasteiger partial charge in [0, 0.05) is 5.69 Å². The largest absolute Gasteiger partial charge is 0.481 e. The number of amides is 1. The molecule has 8 nitrogen and oxygen atoms in total. The van der Waals surface area contributed by atoms with Crippen LogP contribution in [0.15, 0.2) is 30.6 Å². The molecule has 0 spiro atoms. The van der Waals surface area contributed by atoms with Gasteiger partial charge >= 0.3 is 5.97 Å². The van der Waals surface area contributed by atoms with Crippen LogP contribution in [-0.2, 0) is 9.59 Å². The lowest BCUT2D eigenvalue weighted by molar-refractivity contribution is -0.139. The van der Waals surface area contributed by atoms with Gasteiger partial charge < -0.3 is 10.4 Å². The molecule has 0 aliphatic carbocycles. The summed E-state index contributed by atoms with van der Waals surface area (Å²) in [5.74, 6) is -1.76. The molecule has 18 heavy (non-hydrogen) atoms. The minimum Gasteiger partial charge on any atom is -0.481 e. The topological polar surface area (TPSA) is 110 Å². The normalized spacial score (nSPS) is 10.0. The van der Waals surface area contributed by atoms with E-state index in [0.29, 0.717) is 11.4 Å². The monoisotopic (exact) mass is 247 g/mol. The first-order chi connectivity index (χ1) is 8.65. The van der Waals surface area contributed by atoms with Crippen LogP contribution < -0.4 is 5.32 Å².